The summed E-state index contributed by atoms with van der Waals surface area (Å²) in [5.74, 6) is -0.838. The van der Waals surface area contributed by atoms with Crippen molar-refractivity contribution in [3.63, 3.8) is 0 Å². The van der Waals surface area contributed by atoms with Crippen LogP contribution in [0.5, 0.6) is 0 Å². The molecule has 0 saturated carbocycles. The summed E-state index contributed by atoms with van der Waals surface area (Å²) >= 11 is 7.01. The van der Waals surface area contributed by atoms with Gasteiger partial charge in [-0.05, 0) is 29.3 Å². The Bertz CT molecular complexity index is 1790. The van der Waals surface area contributed by atoms with E-state index in [9.17, 15) is 9.59 Å². The number of rotatable bonds is 9. The number of nitrogens with zero attached hydrogens (tertiary/aromatic N) is 1. The zero-order valence-electron chi connectivity index (χ0n) is 23.8. The molecular weight excluding hydrogens is 578 g/mol. The van der Waals surface area contributed by atoms with E-state index in [0.717, 1.165) is 16.5 Å². The predicted octanol–water partition coefficient (Wildman–Crippen LogP) is 7.18. The van der Waals surface area contributed by atoms with Crippen molar-refractivity contribution in [3.05, 3.63) is 143 Å². The largest absolute Gasteiger partial charge is 0.449 e. The summed E-state index contributed by atoms with van der Waals surface area (Å²) in [6, 6.07) is 35.7. The molecule has 5 aromatic rings. The zero-order valence-corrected chi connectivity index (χ0v) is 24.6. The average Bonchev–Trinajstić information content (AvgIpc) is 3.52. The minimum Gasteiger partial charge on any atom is -0.449 e. The van der Waals surface area contributed by atoms with Crippen molar-refractivity contribution < 1.29 is 28.5 Å². The van der Waals surface area contributed by atoms with Crippen LogP contribution in [0.1, 0.15) is 44.5 Å². The fourth-order valence-corrected chi connectivity index (χ4v) is 6.65. The Hall–Kier alpha value is -4.27. The Morgan fingerprint density at radius 1 is 0.841 bits per heavy atom. The molecule has 0 spiro atoms. The number of fused-ring (bicyclic) bond motifs is 5. The fourth-order valence-electron chi connectivity index (χ4n) is 6.31. The lowest BCUT2D eigenvalue weighted by molar-refractivity contribution is -0.124. The number of para-hydroxylation sites is 1. The molecule has 2 aliphatic rings. The van der Waals surface area contributed by atoms with Gasteiger partial charge in [0.1, 0.15) is 18.3 Å². The molecule has 1 fully saturated rings. The number of hydrogen-bond acceptors (Lipinski definition) is 6. The van der Waals surface area contributed by atoms with Crippen LogP contribution in [-0.2, 0) is 32.2 Å². The number of carbonyl (C=O) groups is 2. The van der Waals surface area contributed by atoms with Gasteiger partial charge in [-0.1, -0.05) is 109 Å². The summed E-state index contributed by atoms with van der Waals surface area (Å²) in [5.41, 5.74) is 1.91. The van der Waals surface area contributed by atoms with Gasteiger partial charge in [-0.25, -0.2) is 4.79 Å². The molecule has 0 unspecified atom stereocenters. The average molecular weight is 608 g/mol. The molecule has 0 bridgehead atoms. The van der Waals surface area contributed by atoms with Crippen LogP contribution in [0, 0.1) is 0 Å². The number of ether oxygens (including phenoxy) is 4. The first-order chi connectivity index (χ1) is 21.5. The Labute approximate surface area is 259 Å². The molecule has 8 heteroatoms. The maximum Gasteiger partial charge on any atom is 0.338 e. The normalized spacial score (nSPS) is 22.5. The zero-order chi connectivity index (χ0) is 30.1. The maximum absolute atomic E-state index is 14.1. The second-order valence-corrected chi connectivity index (χ2v) is 11.5. The SMILES string of the molecule is O=C(O[C@@]12CC(=O)n3c(c(Cl)c4ccccc43)[C@@H]1O[C@H](COCc1ccccc1)[C@H]2OCc1ccccc1)c1ccccc1. The van der Waals surface area contributed by atoms with Crippen LogP contribution < -0.4 is 0 Å². The Morgan fingerprint density at radius 3 is 2.16 bits per heavy atom. The number of halogens is 1. The number of aromatic nitrogens is 1. The second kappa shape index (κ2) is 12.0. The van der Waals surface area contributed by atoms with E-state index in [1.807, 2.05) is 91.0 Å². The molecule has 2 aliphatic heterocycles. The Balaban J connectivity index is 1.31. The summed E-state index contributed by atoms with van der Waals surface area (Å²) in [6.45, 7) is 0.710. The van der Waals surface area contributed by atoms with E-state index in [-0.39, 0.29) is 25.5 Å². The van der Waals surface area contributed by atoms with E-state index in [0.29, 0.717) is 28.4 Å². The lowest BCUT2D eigenvalue weighted by Crippen LogP contribution is -2.55. The molecule has 4 atom stereocenters. The summed E-state index contributed by atoms with van der Waals surface area (Å²) in [6.07, 6.45) is -2.57. The van der Waals surface area contributed by atoms with Gasteiger partial charge in [-0.2, -0.15) is 0 Å². The van der Waals surface area contributed by atoms with E-state index < -0.39 is 29.9 Å². The first kappa shape index (κ1) is 28.5. The summed E-state index contributed by atoms with van der Waals surface area (Å²) in [5, 5.41) is 1.10. The van der Waals surface area contributed by atoms with Crippen molar-refractivity contribution in [2.75, 3.05) is 6.61 Å². The van der Waals surface area contributed by atoms with Crippen molar-refractivity contribution in [3.8, 4) is 0 Å². The van der Waals surface area contributed by atoms with Gasteiger partial charge in [0.05, 0.1) is 48.0 Å². The van der Waals surface area contributed by atoms with Crippen LogP contribution in [0.3, 0.4) is 0 Å². The highest BCUT2D eigenvalue weighted by Crippen LogP contribution is 2.54. The molecule has 0 amide bonds. The van der Waals surface area contributed by atoms with Crippen LogP contribution in [0.25, 0.3) is 10.9 Å². The first-order valence-corrected chi connectivity index (χ1v) is 15.0. The Morgan fingerprint density at radius 2 is 1.45 bits per heavy atom. The van der Waals surface area contributed by atoms with Gasteiger partial charge in [0.15, 0.2) is 5.60 Å². The highest BCUT2D eigenvalue weighted by atomic mass is 35.5. The van der Waals surface area contributed by atoms with Gasteiger partial charge in [0.25, 0.3) is 0 Å². The minimum atomic E-state index is -1.51. The molecule has 0 radical (unpaired) electrons. The van der Waals surface area contributed by atoms with Crippen molar-refractivity contribution >= 4 is 34.4 Å². The smallest absolute Gasteiger partial charge is 0.338 e. The van der Waals surface area contributed by atoms with Crippen LogP contribution in [0.15, 0.2) is 115 Å². The third-order valence-electron chi connectivity index (χ3n) is 8.30. The molecular formula is C36H30ClNO6. The molecule has 44 heavy (non-hydrogen) atoms. The third kappa shape index (κ3) is 5.12. The van der Waals surface area contributed by atoms with Crippen molar-refractivity contribution in [1.29, 1.82) is 0 Å². The van der Waals surface area contributed by atoms with E-state index in [4.69, 9.17) is 30.5 Å². The predicted molar refractivity (Wildman–Crippen MR) is 166 cm³/mol. The topological polar surface area (TPSA) is 76.0 Å². The van der Waals surface area contributed by atoms with Gasteiger partial charge in [-0.3, -0.25) is 9.36 Å². The number of benzene rings is 4. The van der Waals surface area contributed by atoms with E-state index in [2.05, 4.69) is 0 Å². The number of esters is 1. The molecule has 7 nitrogen and oxygen atoms in total. The van der Waals surface area contributed by atoms with Gasteiger partial charge in [0.2, 0.25) is 5.91 Å². The van der Waals surface area contributed by atoms with Gasteiger partial charge in [-0.15, -0.1) is 0 Å². The monoisotopic (exact) mass is 607 g/mol. The van der Waals surface area contributed by atoms with E-state index >= 15 is 0 Å². The van der Waals surface area contributed by atoms with Crippen LogP contribution in [0.2, 0.25) is 5.02 Å². The first-order valence-electron chi connectivity index (χ1n) is 14.6. The fraction of sp³-hybridized carbons (Fsp3) is 0.222. The molecule has 7 rings (SSSR count). The quantitative estimate of drug-likeness (QED) is 0.165. The van der Waals surface area contributed by atoms with E-state index in [1.165, 1.54) is 0 Å². The summed E-state index contributed by atoms with van der Waals surface area (Å²) in [4.78, 5) is 27.8. The lowest BCUT2D eigenvalue weighted by atomic mass is 9.82. The minimum absolute atomic E-state index is 0.140. The highest BCUT2D eigenvalue weighted by Gasteiger charge is 2.65. The molecule has 0 N–H and O–H groups in total. The maximum atomic E-state index is 14.1. The molecule has 0 aliphatic carbocycles. The van der Waals surface area contributed by atoms with Crippen molar-refractivity contribution in [2.24, 2.45) is 0 Å². The molecule has 4 aromatic carbocycles. The van der Waals surface area contributed by atoms with Gasteiger partial charge < -0.3 is 18.9 Å². The molecule has 3 heterocycles. The van der Waals surface area contributed by atoms with Crippen molar-refractivity contribution in [2.45, 2.75) is 43.5 Å². The molecule has 1 saturated heterocycles. The summed E-state index contributed by atoms with van der Waals surface area (Å²) in [7, 11) is 0. The van der Waals surface area contributed by atoms with Crippen molar-refractivity contribution in [1.82, 2.24) is 4.57 Å². The van der Waals surface area contributed by atoms with Crippen LogP contribution in [0.4, 0.5) is 0 Å². The third-order valence-corrected chi connectivity index (χ3v) is 8.70. The Kier molecular flexibility index (Phi) is 7.78. The van der Waals surface area contributed by atoms with Gasteiger partial charge >= 0.3 is 5.97 Å². The van der Waals surface area contributed by atoms with Crippen LogP contribution >= 0.6 is 11.6 Å². The van der Waals surface area contributed by atoms with E-state index in [1.54, 1.807) is 28.8 Å². The molecule has 222 valence electrons. The summed E-state index contributed by atoms with van der Waals surface area (Å²) < 4.78 is 27.5. The standard InChI is InChI=1S/C36H30ClNO6/c37-31-27-18-10-11-19-28(27)38-30(39)20-36(44-35(40)26-16-8-3-9-17-26)33(42-22-25-14-6-2-7-15-25)29(43-34(36)32(31)38)23-41-21-24-12-4-1-5-13-24/h1-19,29,33-34H,20-23H2/t29-,33-,34+,36-/m1/s1. The van der Waals surface area contributed by atoms with Crippen LogP contribution in [-0.4, -0.2) is 40.9 Å². The lowest BCUT2D eigenvalue weighted by Gasteiger charge is -2.40. The number of carbonyl (C=O) groups excluding carboxylic acids is 2. The van der Waals surface area contributed by atoms with Gasteiger partial charge in [0, 0.05) is 5.39 Å². The molecule has 1 aromatic heterocycles. The highest BCUT2D eigenvalue weighted by molar-refractivity contribution is 6.37. The number of hydrogen-bond donors (Lipinski definition) is 0. The second-order valence-electron chi connectivity index (χ2n) is 11.1.